The lowest BCUT2D eigenvalue weighted by atomic mass is 10.2. The summed E-state index contributed by atoms with van der Waals surface area (Å²) in [6.07, 6.45) is 1.50. The van der Waals surface area contributed by atoms with Crippen LogP contribution in [0.15, 0.2) is 12.3 Å². The fraction of sp³-hybridized carbons (Fsp3) is 0.538. The van der Waals surface area contributed by atoms with Gasteiger partial charge in [-0.1, -0.05) is 11.6 Å². The summed E-state index contributed by atoms with van der Waals surface area (Å²) in [5, 5.41) is 3.25. The largest absolute Gasteiger partial charge is 0.383 e. The number of aryl methyl sites for hydroxylation is 1. The molecule has 0 spiro atoms. The first kappa shape index (κ1) is 15.9. The molecule has 1 aromatic heterocycles. The van der Waals surface area contributed by atoms with Crippen LogP contribution in [0.4, 0.5) is 0 Å². The van der Waals surface area contributed by atoms with Gasteiger partial charge >= 0.3 is 0 Å². The standard InChI is InChI=1S/C13H20ClN3O2/c1-10-8-12(14)11(9-16-10)13(18)15-4-5-17(2)6-7-19-3/h8-9H,4-7H2,1-3H3,(H,15,18). The Morgan fingerprint density at radius 1 is 1.53 bits per heavy atom. The summed E-state index contributed by atoms with van der Waals surface area (Å²) in [4.78, 5) is 18.0. The molecule has 0 aliphatic rings. The molecule has 1 rings (SSSR count). The lowest BCUT2D eigenvalue weighted by Crippen LogP contribution is -2.34. The number of methoxy groups -OCH3 is 1. The van der Waals surface area contributed by atoms with E-state index in [1.807, 2.05) is 14.0 Å². The summed E-state index contributed by atoms with van der Waals surface area (Å²) < 4.78 is 4.98. The molecule has 0 unspecified atom stereocenters. The number of likely N-dealkylation sites (N-methyl/N-ethyl adjacent to an activating group) is 1. The van der Waals surface area contributed by atoms with Crippen molar-refractivity contribution in [1.29, 1.82) is 0 Å². The zero-order chi connectivity index (χ0) is 14.3. The van der Waals surface area contributed by atoms with Crippen LogP contribution >= 0.6 is 11.6 Å². The fourth-order valence-corrected chi connectivity index (χ4v) is 1.80. The van der Waals surface area contributed by atoms with Gasteiger partial charge in [-0.25, -0.2) is 0 Å². The third-order valence-electron chi connectivity index (χ3n) is 2.69. The molecule has 0 fully saturated rings. The smallest absolute Gasteiger partial charge is 0.254 e. The Bertz CT molecular complexity index is 426. The maximum absolute atomic E-state index is 11.9. The van der Waals surface area contributed by atoms with Gasteiger partial charge in [-0.05, 0) is 20.0 Å². The summed E-state index contributed by atoms with van der Waals surface area (Å²) in [6.45, 7) is 4.66. The minimum atomic E-state index is -0.197. The SMILES string of the molecule is COCCN(C)CCNC(=O)c1cnc(C)cc1Cl. The molecule has 0 aliphatic carbocycles. The van der Waals surface area contributed by atoms with Crippen molar-refractivity contribution in [2.45, 2.75) is 6.92 Å². The van der Waals surface area contributed by atoms with E-state index in [-0.39, 0.29) is 5.91 Å². The van der Waals surface area contributed by atoms with Gasteiger partial charge in [0.05, 0.1) is 17.2 Å². The van der Waals surface area contributed by atoms with Gasteiger partial charge in [0.25, 0.3) is 5.91 Å². The Kier molecular flexibility index (Phi) is 6.77. The normalized spacial score (nSPS) is 10.8. The number of amides is 1. The second-order valence-corrected chi connectivity index (χ2v) is 4.76. The number of carbonyl (C=O) groups is 1. The van der Waals surface area contributed by atoms with Gasteiger partial charge in [0.2, 0.25) is 0 Å². The number of hydrogen-bond acceptors (Lipinski definition) is 4. The highest BCUT2D eigenvalue weighted by Gasteiger charge is 2.10. The number of nitrogens with one attached hydrogen (secondary N) is 1. The van der Waals surface area contributed by atoms with Gasteiger partial charge in [-0.3, -0.25) is 9.78 Å². The van der Waals surface area contributed by atoms with Crippen molar-refractivity contribution < 1.29 is 9.53 Å². The first-order valence-electron chi connectivity index (χ1n) is 6.12. The minimum absolute atomic E-state index is 0.197. The van der Waals surface area contributed by atoms with Crippen LogP contribution in [0.3, 0.4) is 0 Å². The molecular formula is C13H20ClN3O2. The van der Waals surface area contributed by atoms with Gasteiger partial charge in [0.1, 0.15) is 0 Å². The van der Waals surface area contributed by atoms with Gasteiger partial charge in [-0.2, -0.15) is 0 Å². The molecule has 0 aromatic carbocycles. The van der Waals surface area contributed by atoms with Crippen molar-refractivity contribution in [3.63, 3.8) is 0 Å². The maximum Gasteiger partial charge on any atom is 0.254 e. The van der Waals surface area contributed by atoms with Crippen molar-refractivity contribution in [3.05, 3.63) is 28.5 Å². The Morgan fingerprint density at radius 3 is 2.89 bits per heavy atom. The monoisotopic (exact) mass is 285 g/mol. The Balaban J connectivity index is 2.39. The summed E-state index contributed by atoms with van der Waals surface area (Å²) >= 11 is 6.01. The molecular weight excluding hydrogens is 266 g/mol. The third kappa shape index (κ3) is 5.55. The molecule has 0 atom stereocenters. The van der Waals surface area contributed by atoms with Crippen LogP contribution in [-0.2, 0) is 4.74 Å². The molecule has 0 bridgehead atoms. The molecule has 1 amide bonds. The Hall–Kier alpha value is -1.17. The van der Waals surface area contributed by atoms with E-state index in [4.69, 9.17) is 16.3 Å². The van der Waals surface area contributed by atoms with Gasteiger partial charge < -0.3 is 15.0 Å². The van der Waals surface area contributed by atoms with Gasteiger partial charge in [0.15, 0.2) is 0 Å². The Morgan fingerprint density at radius 2 is 2.26 bits per heavy atom. The molecule has 0 radical (unpaired) electrons. The molecule has 1 aromatic rings. The molecule has 106 valence electrons. The molecule has 0 aliphatic heterocycles. The first-order valence-corrected chi connectivity index (χ1v) is 6.50. The maximum atomic E-state index is 11.9. The van der Waals surface area contributed by atoms with Gasteiger partial charge in [0, 0.05) is 38.6 Å². The average molecular weight is 286 g/mol. The topological polar surface area (TPSA) is 54.5 Å². The Labute approximate surface area is 118 Å². The lowest BCUT2D eigenvalue weighted by molar-refractivity contribution is 0.0947. The van der Waals surface area contributed by atoms with E-state index in [0.29, 0.717) is 23.7 Å². The van der Waals surface area contributed by atoms with Crippen LogP contribution in [0, 0.1) is 6.92 Å². The first-order chi connectivity index (χ1) is 9.04. The van der Waals surface area contributed by atoms with E-state index in [1.54, 1.807) is 13.2 Å². The van der Waals surface area contributed by atoms with Crippen LogP contribution in [-0.4, -0.2) is 56.2 Å². The van der Waals surface area contributed by atoms with Crippen LogP contribution < -0.4 is 5.32 Å². The summed E-state index contributed by atoms with van der Waals surface area (Å²) in [5.41, 5.74) is 1.20. The summed E-state index contributed by atoms with van der Waals surface area (Å²) in [6, 6.07) is 1.68. The van der Waals surface area contributed by atoms with Crippen LogP contribution in [0.5, 0.6) is 0 Å². The lowest BCUT2D eigenvalue weighted by Gasteiger charge is -2.16. The van der Waals surface area contributed by atoms with Gasteiger partial charge in [-0.15, -0.1) is 0 Å². The average Bonchev–Trinajstić information content (AvgIpc) is 2.36. The van der Waals surface area contributed by atoms with E-state index >= 15 is 0 Å². The molecule has 1 N–H and O–H groups in total. The number of nitrogens with zero attached hydrogens (tertiary/aromatic N) is 2. The predicted octanol–water partition coefficient (Wildman–Crippen LogP) is 1.35. The number of pyridine rings is 1. The molecule has 0 saturated carbocycles. The minimum Gasteiger partial charge on any atom is -0.383 e. The zero-order valence-corrected chi connectivity index (χ0v) is 12.3. The van der Waals surface area contributed by atoms with E-state index in [0.717, 1.165) is 18.8 Å². The van der Waals surface area contributed by atoms with Crippen LogP contribution in [0.2, 0.25) is 5.02 Å². The summed E-state index contributed by atoms with van der Waals surface area (Å²) in [7, 11) is 3.65. The van der Waals surface area contributed by atoms with Crippen molar-refractivity contribution in [1.82, 2.24) is 15.2 Å². The van der Waals surface area contributed by atoms with Crippen molar-refractivity contribution >= 4 is 17.5 Å². The number of carbonyl (C=O) groups excluding carboxylic acids is 1. The highest BCUT2D eigenvalue weighted by molar-refractivity contribution is 6.33. The number of halogens is 1. The van der Waals surface area contributed by atoms with Crippen LogP contribution in [0.1, 0.15) is 16.1 Å². The highest BCUT2D eigenvalue weighted by Crippen LogP contribution is 2.15. The van der Waals surface area contributed by atoms with Crippen LogP contribution in [0.25, 0.3) is 0 Å². The zero-order valence-electron chi connectivity index (χ0n) is 11.6. The quantitative estimate of drug-likeness (QED) is 0.822. The van der Waals surface area contributed by atoms with Crippen molar-refractivity contribution in [2.75, 3.05) is 40.4 Å². The molecule has 5 nitrogen and oxygen atoms in total. The number of ether oxygens (including phenoxy) is 1. The molecule has 1 heterocycles. The second kappa shape index (κ2) is 8.09. The van der Waals surface area contributed by atoms with Crippen molar-refractivity contribution in [2.24, 2.45) is 0 Å². The van der Waals surface area contributed by atoms with E-state index in [9.17, 15) is 4.79 Å². The molecule has 19 heavy (non-hydrogen) atoms. The van der Waals surface area contributed by atoms with E-state index in [1.165, 1.54) is 6.20 Å². The molecule has 6 heteroatoms. The van der Waals surface area contributed by atoms with Crippen molar-refractivity contribution in [3.8, 4) is 0 Å². The molecule has 0 saturated heterocycles. The van der Waals surface area contributed by atoms with E-state index < -0.39 is 0 Å². The third-order valence-corrected chi connectivity index (χ3v) is 3.00. The van der Waals surface area contributed by atoms with E-state index in [2.05, 4.69) is 15.2 Å². The number of hydrogen-bond donors (Lipinski definition) is 1. The fourth-order valence-electron chi connectivity index (χ4n) is 1.51. The number of rotatable bonds is 7. The number of aromatic nitrogens is 1. The second-order valence-electron chi connectivity index (χ2n) is 4.36. The highest BCUT2D eigenvalue weighted by atomic mass is 35.5. The summed E-state index contributed by atoms with van der Waals surface area (Å²) in [5.74, 6) is -0.197. The predicted molar refractivity (Wildman–Crippen MR) is 75.7 cm³/mol.